The van der Waals surface area contributed by atoms with Gasteiger partial charge in [-0.3, -0.25) is 14.4 Å². The summed E-state index contributed by atoms with van der Waals surface area (Å²) in [6, 6.07) is 5.61. The van der Waals surface area contributed by atoms with Gasteiger partial charge in [-0.05, 0) is 37.3 Å². The van der Waals surface area contributed by atoms with Crippen LogP contribution in [0, 0.1) is 29.6 Å². The van der Waals surface area contributed by atoms with Crippen LogP contribution in [0.4, 0.5) is 0 Å². The van der Waals surface area contributed by atoms with Gasteiger partial charge in [0.25, 0.3) is 0 Å². The standard InChI is InChI=1S/C27H37N5O5S3/c1-17-5-7-20(8-6-17)40(36,37)31-22(26(2,3)4)25(35)32-16-27(38-11-12-39-27)14-21(32)24(34)30-19(15-28)13-18-9-10-29-23(18)33/h5-8,18-19,21-22,31H,9-14,16H2,1-4H3,(H,29,33)(H,30,34)/t18-,19-,21-,22+/m0/s1. The number of carbonyl (C=O) groups is 3. The van der Waals surface area contributed by atoms with Crippen LogP contribution in [0.2, 0.25) is 0 Å². The molecule has 3 aliphatic rings. The number of thioether (sulfide) groups is 2. The molecule has 3 aliphatic heterocycles. The first-order valence-corrected chi connectivity index (χ1v) is 16.9. The lowest BCUT2D eigenvalue weighted by Crippen LogP contribution is -2.58. The monoisotopic (exact) mass is 607 g/mol. The fourth-order valence-corrected chi connectivity index (χ4v) is 9.93. The molecule has 13 heteroatoms. The van der Waals surface area contributed by atoms with Gasteiger partial charge >= 0.3 is 0 Å². The molecule has 3 amide bonds. The zero-order valence-electron chi connectivity index (χ0n) is 23.2. The van der Waals surface area contributed by atoms with Crippen LogP contribution >= 0.6 is 23.5 Å². The molecule has 10 nitrogen and oxygen atoms in total. The zero-order valence-corrected chi connectivity index (χ0v) is 25.7. The van der Waals surface area contributed by atoms with E-state index in [1.807, 2.05) is 6.92 Å². The van der Waals surface area contributed by atoms with Crippen LogP contribution in [0.5, 0.6) is 0 Å². The normalized spacial score (nSPS) is 24.0. The van der Waals surface area contributed by atoms with Crippen molar-refractivity contribution in [1.82, 2.24) is 20.3 Å². The number of benzene rings is 1. The highest BCUT2D eigenvalue weighted by Crippen LogP contribution is 2.52. The number of amides is 3. The molecule has 1 aromatic carbocycles. The summed E-state index contributed by atoms with van der Waals surface area (Å²) in [7, 11) is -4.03. The van der Waals surface area contributed by atoms with Gasteiger partial charge in [-0.15, -0.1) is 23.5 Å². The van der Waals surface area contributed by atoms with E-state index in [2.05, 4.69) is 21.4 Å². The number of hydrogen-bond donors (Lipinski definition) is 3. The molecule has 4 atom stereocenters. The van der Waals surface area contributed by atoms with Crippen LogP contribution in [0.1, 0.15) is 45.6 Å². The lowest BCUT2D eigenvalue weighted by Gasteiger charge is -2.35. The molecule has 3 saturated heterocycles. The third kappa shape index (κ3) is 6.78. The maximum atomic E-state index is 14.2. The Morgan fingerprint density at radius 1 is 1.23 bits per heavy atom. The quantitative estimate of drug-likeness (QED) is 0.407. The molecule has 0 saturated carbocycles. The Morgan fingerprint density at radius 3 is 2.42 bits per heavy atom. The number of nitrogens with one attached hydrogen (secondary N) is 3. The molecule has 0 aromatic heterocycles. The Morgan fingerprint density at radius 2 is 1.88 bits per heavy atom. The summed E-state index contributed by atoms with van der Waals surface area (Å²) in [6.45, 7) is 8.05. The van der Waals surface area contributed by atoms with Crippen LogP contribution in [-0.2, 0) is 24.4 Å². The molecular formula is C27H37N5O5S3. The van der Waals surface area contributed by atoms with Crippen molar-refractivity contribution >= 4 is 51.3 Å². The van der Waals surface area contributed by atoms with Crippen molar-refractivity contribution in [3.8, 4) is 6.07 Å². The fourth-order valence-electron chi connectivity index (χ4n) is 5.28. The van der Waals surface area contributed by atoms with E-state index in [0.29, 0.717) is 25.9 Å². The van der Waals surface area contributed by atoms with Gasteiger partial charge in [0.05, 0.1) is 15.0 Å². The molecule has 0 unspecified atom stereocenters. The highest BCUT2D eigenvalue weighted by molar-refractivity contribution is 8.21. The molecule has 40 heavy (non-hydrogen) atoms. The minimum Gasteiger partial charge on any atom is -0.356 e. The lowest BCUT2D eigenvalue weighted by atomic mass is 9.86. The second kappa shape index (κ2) is 11.9. The Kier molecular flexibility index (Phi) is 9.14. The molecule has 3 fully saturated rings. The van der Waals surface area contributed by atoms with Crippen molar-refractivity contribution in [2.24, 2.45) is 11.3 Å². The maximum absolute atomic E-state index is 14.2. The van der Waals surface area contributed by atoms with Crippen molar-refractivity contribution in [2.75, 3.05) is 24.6 Å². The van der Waals surface area contributed by atoms with E-state index >= 15 is 0 Å². The molecule has 1 spiro atoms. The summed E-state index contributed by atoms with van der Waals surface area (Å²) in [5.41, 5.74) is 0.113. The average molecular weight is 608 g/mol. The molecule has 3 N–H and O–H groups in total. The SMILES string of the molecule is Cc1ccc(S(=O)(=O)N[C@H](C(=O)N2CC3(C[C@H]2C(=O)N[C@H](C#N)C[C@@H]2CCNC2=O)SCCS3)C(C)(C)C)cc1. The van der Waals surface area contributed by atoms with E-state index in [9.17, 15) is 28.1 Å². The summed E-state index contributed by atoms with van der Waals surface area (Å²) in [5.74, 6) is 0.371. The van der Waals surface area contributed by atoms with Gasteiger partial charge in [0, 0.05) is 36.9 Å². The van der Waals surface area contributed by atoms with Gasteiger partial charge in [-0.25, -0.2) is 8.42 Å². The van der Waals surface area contributed by atoms with E-state index in [-0.39, 0.29) is 27.2 Å². The van der Waals surface area contributed by atoms with Gasteiger partial charge in [0.15, 0.2) is 0 Å². The first-order valence-electron chi connectivity index (χ1n) is 13.4. The summed E-state index contributed by atoms with van der Waals surface area (Å²) in [5, 5.41) is 15.3. The summed E-state index contributed by atoms with van der Waals surface area (Å²) < 4.78 is 28.9. The van der Waals surface area contributed by atoms with Crippen LogP contribution in [0.15, 0.2) is 29.2 Å². The molecule has 4 rings (SSSR count). The second-order valence-electron chi connectivity index (χ2n) is 11.7. The van der Waals surface area contributed by atoms with Crippen molar-refractivity contribution in [2.45, 2.75) is 74.1 Å². The summed E-state index contributed by atoms with van der Waals surface area (Å²) in [4.78, 5) is 41.4. The minimum absolute atomic E-state index is 0.0575. The van der Waals surface area contributed by atoms with Crippen molar-refractivity contribution in [3.63, 3.8) is 0 Å². The Bertz CT molecular complexity index is 1280. The first kappa shape index (κ1) is 30.7. The first-order chi connectivity index (χ1) is 18.7. The minimum atomic E-state index is -4.03. The summed E-state index contributed by atoms with van der Waals surface area (Å²) in [6.07, 6.45) is 1.19. The number of rotatable bonds is 8. The number of likely N-dealkylation sites (tertiary alicyclic amines) is 1. The van der Waals surface area contributed by atoms with Crippen LogP contribution in [0.25, 0.3) is 0 Å². The number of nitrogens with zero attached hydrogens (tertiary/aromatic N) is 2. The van der Waals surface area contributed by atoms with Gasteiger partial charge in [-0.2, -0.15) is 9.98 Å². The number of nitriles is 1. The number of sulfonamides is 1. The topological polar surface area (TPSA) is 148 Å². The highest BCUT2D eigenvalue weighted by atomic mass is 32.2. The Balaban J connectivity index is 1.58. The van der Waals surface area contributed by atoms with Gasteiger partial charge in [-0.1, -0.05) is 38.5 Å². The van der Waals surface area contributed by atoms with Crippen molar-refractivity contribution in [3.05, 3.63) is 29.8 Å². The highest BCUT2D eigenvalue weighted by Gasteiger charge is 2.53. The molecule has 0 bridgehead atoms. The number of aryl methyl sites for hydroxylation is 1. The van der Waals surface area contributed by atoms with Crippen molar-refractivity contribution < 1.29 is 22.8 Å². The van der Waals surface area contributed by atoms with Gasteiger partial charge < -0.3 is 15.5 Å². The van der Waals surface area contributed by atoms with Gasteiger partial charge in [0.2, 0.25) is 27.7 Å². The fraction of sp³-hybridized carbons (Fsp3) is 0.630. The smallest absolute Gasteiger partial charge is 0.243 e. The third-order valence-corrected chi connectivity index (χ3v) is 12.4. The zero-order chi connectivity index (χ0) is 29.3. The van der Waals surface area contributed by atoms with Crippen LogP contribution in [-0.4, -0.2) is 77.8 Å². The van der Waals surface area contributed by atoms with Crippen molar-refractivity contribution in [1.29, 1.82) is 5.26 Å². The van der Waals surface area contributed by atoms with E-state index in [1.54, 1.807) is 56.4 Å². The van der Waals surface area contributed by atoms with E-state index in [4.69, 9.17) is 0 Å². The summed E-state index contributed by atoms with van der Waals surface area (Å²) >= 11 is 3.42. The maximum Gasteiger partial charge on any atom is 0.243 e. The molecular weight excluding hydrogens is 571 g/mol. The second-order valence-corrected chi connectivity index (χ2v) is 16.7. The Hall–Kier alpha value is -2.27. The van der Waals surface area contributed by atoms with E-state index in [1.165, 1.54) is 17.0 Å². The number of carbonyl (C=O) groups excluding carboxylic acids is 3. The van der Waals surface area contributed by atoms with Gasteiger partial charge in [0.1, 0.15) is 18.1 Å². The average Bonchev–Trinajstić information content (AvgIpc) is 3.62. The molecule has 3 heterocycles. The largest absolute Gasteiger partial charge is 0.356 e. The van der Waals surface area contributed by atoms with E-state index in [0.717, 1.165) is 17.1 Å². The molecule has 218 valence electrons. The Labute approximate surface area is 244 Å². The predicted octanol–water partition coefficient (Wildman–Crippen LogP) is 2.00. The van der Waals surface area contributed by atoms with Crippen LogP contribution in [0.3, 0.4) is 0 Å². The number of hydrogen-bond acceptors (Lipinski definition) is 8. The third-order valence-electron chi connectivity index (χ3n) is 7.56. The van der Waals surface area contributed by atoms with Crippen LogP contribution < -0.4 is 15.4 Å². The molecule has 1 aromatic rings. The predicted molar refractivity (Wildman–Crippen MR) is 156 cm³/mol. The molecule has 0 radical (unpaired) electrons. The lowest BCUT2D eigenvalue weighted by molar-refractivity contribution is -0.141. The molecule has 0 aliphatic carbocycles. The van der Waals surface area contributed by atoms with E-state index < -0.39 is 45.4 Å².